The van der Waals surface area contributed by atoms with E-state index in [4.69, 9.17) is 4.74 Å². The molecule has 1 saturated heterocycles. The Kier molecular flexibility index (Phi) is 4.16. The summed E-state index contributed by atoms with van der Waals surface area (Å²) in [5.74, 6) is 0. The van der Waals surface area contributed by atoms with Crippen molar-refractivity contribution >= 4 is 0 Å². The van der Waals surface area contributed by atoms with E-state index in [2.05, 4.69) is 24.1 Å². The number of nitrogens with zero attached hydrogens (tertiary/aromatic N) is 1. The van der Waals surface area contributed by atoms with Gasteiger partial charge in [-0.3, -0.25) is 0 Å². The minimum atomic E-state index is 0.509. The highest BCUT2D eigenvalue weighted by molar-refractivity contribution is 5.12. The monoisotopic (exact) mass is 266 g/mol. The van der Waals surface area contributed by atoms with E-state index in [9.17, 15) is 0 Å². The number of rotatable bonds is 6. The largest absolute Gasteiger partial charge is 0.378 e. The molecule has 2 saturated carbocycles. The molecule has 0 aromatic heterocycles. The number of ether oxygens (including phenoxy) is 1. The molecule has 2 aliphatic carbocycles. The van der Waals surface area contributed by atoms with Crippen LogP contribution in [-0.2, 0) is 4.74 Å². The highest BCUT2D eigenvalue weighted by Gasteiger charge is 2.58. The molecule has 0 bridgehead atoms. The lowest BCUT2D eigenvalue weighted by Gasteiger charge is -2.61. The molecule has 3 rings (SSSR count). The summed E-state index contributed by atoms with van der Waals surface area (Å²) in [6.07, 6.45) is 8.74. The summed E-state index contributed by atoms with van der Waals surface area (Å²) in [5, 5.41) is 3.90. The van der Waals surface area contributed by atoms with E-state index in [1.807, 2.05) is 0 Å². The number of hydrogen-bond acceptors (Lipinski definition) is 3. The van der Waals surface area contributed by atoms with E-state index in [0.29, 0.717) is 17.6 Å². The Bertz CT molecular complexity index is 297. The zero-order valence-electron chi connectivity index (χ0n) is 12.7. The minimum Gasteiger partial charge on any atom is -0.378 e. The summed E-state index contributed by atoms with van der Waals surface area (Å²) in [4.78, 5) is 2.61. The van der Waals surface area contributed by atoms with Crippen molar-refractivity contribution < 1.29 is 4.74 Å². The van der Waals surface area contributed by atoms with Crippen molar-refractivity contribution in [3.63, 3.8) is 0 Å². The molecule has 1 N–H and O–H groups in total. The highest BCUT2D eigenvalue weighted by Crippen LogP contribution is 2.57. The van der Waals surface area contributed by atoms with Crippen LogP contribution in [0.15, 0.2) is 0 Å². The summed E-state index contributed by atoms with van der Waals surface area (Å²) in [6, 6.07) is 1.35. The van der Waals surface area contributed by atoms with E-state index >= 15 is 0 Å². The molecule has 0 radical (unpaired) electrons. The lowest BCUT2D eigenvalue weighted by Crippen LogP contribution is -2.68. The van der Waals surface area contributed by atoms with Crippen molar-refractivity contribution in [2.75, 3.05) is 26.2 Å². The quantitative estimate of drug-likeness (QED) is 0.799. The molecule has 3 heteroatoms. The van der Waals surface area contributed by atoms with E-state index in [0.717, 1.165) is 12.6 Å². The van der Waals surface area contributed by atoms with Crippen molar-refractivity contribution in [2.24, 2.45) is 5.41 Å². The van der Waals surface area contributed by atoms with Gasteiger partial charge in [-0.15, -0.1) is 0 Å². The Balaban J connectivity index is 1.47. The van der Waals surface area contributed by atoms with Crippen molar-refractivity contribution in [3.8, 4) is 0 Å². The van der Waals surface area contributed by atoms with Crippen molar-refractivity contribution in [2.45, 2.75) is 70.6 Å². The molecule has 3 atom stereocenters. The molecule has 19 heavy (non-hydrogen) atoms. The third-order valence-corrected chi connectivity index (χ3v) is 5.65. The fourth-order valence-corrected chi connectivity index (χ4v) is 4.42. The average molecular weight is 266 g/mol. The lowest BCUT2D eigenvalue weighted by molar-refractivity contribution is -0.174. The summed E-state index contributed by atoms with van der Waals surface area (Å²) in [5.41, 5.74) is 0.509. The molecular formula is C16H30N2O. The van der Waals surface area contributed by atoms with E-state index in [1.165, 1.54) is 58.2 Å². The van der Waals surface area contributed by atoms with Crippen LogP contribution in [0.5, 0.6) is 0 Å². The molecule has 3 nitrogen and oxygen atoms in total. The first-order valence-corrected chi connectivity index (χ1v) is 8.34. The molecule has 1 spiro atoms. The maximum atomic E-state index is 5.93. The topological polar surface area (TPSA) is 24.5 Å². The number of likely N-dealkylation sites (tertiary alicyclic amines) is 1. The van der Waals surface area contributed by atoms with E-state index < -0.39 is 0 Å². The number of hydrogen-bond donors (Lipinski definition) is 1. The second kappa shape index (κ2) is 5.71. The summed E-state index contributed by atoms with van der Waals surface area (Å²) >= 11 is 0. The third kappa shape index (κ3) is 2.57. The first-order chi connectivity index (χ1) is 9.24. The smallest absolute Gasteiger partial charge is 0.0661 e. The Morgan fingerprint density at radius 3 is 2.58 bits per heavy atom. The zero-order valence-corrected chi connectivity index (χ0v) is 12.7. The second-order valence-electron chi connectivity index (χ2n) is 6.89. The molecule has 0 aromatic rings. The minimum absolute atomic E-state index is 0.509. The van der Waals surface area contributed by atoms with Gasteiger partial charge < -0.3 is 15.0 Å². The molecule has 3 fully saturated rings. The normalized spacial score (nSPS) is 35.1. The SMILES string of the molecule is CCOC1CC(NC(C)CN2CCCC2)C12CCC2. The number of nitrogens with one attached hydrogen (secondary N) is 1. The van der Waals surface area contributed by atoms with Crippen LogP contribution in [0.4, 0.5) is 0 Å². The summed E-state index contributed by atoms with van der Waals surface area (Å²) in [6.45, 7) is 9.21. The van der Waals surface area contributed by atoms with Crippen molar-refractivity contribution in [1.82, 2.24) is 10.2 Å². The molecule has 1 aliphatic heterocycles. The molecule has 3 aliphatic rings. The maximum absolute atomic E-state index is 5.93. The first kappa shape index (κ1) is 13.8. The van der Waals surface area contributed by atoms with E-state index in [1.54, 1.807) is 0 Å². The van der Waals surface area contributed by atoms with E-state index in [-0.39, 0.29) is 0 Å². The van der Waals surface area contributed by atoms with Gasteiger partial charge in [0, 0.05) is 30.7 Å². The van der Waals surface area contributed by atoms with Crippen molar-refractivity contribution in [1.29, 1.82) is 0 Å². The van der Waals surface area contributed by atoms with Crippen LogP contribution >= 0.6 is 0 Å². The van der Waals surface area contributed by atoms with Gasteiger partial charge in [0.1, 0.15) is 0 Å². The van der Waals surface area contributed by atoms with Crippen molar-refractivity contribution in [3.05, 3.63) is 0 Å². The summed E-state index contributed by atoms with van der Waals surface area (Å²) < 4.78 is 5.93. The van der Waals surface area contributed by atoms with Gasteiger partial charge in [-0.1, -0.05) is 6.42 Å². The van der Waals surface area contributed by atoms with Gasteiger partial charge in [-0.05, 0) is 59.0 Å². The summed E-state index contributed by atoms with van der Waals surface area (Å²) in [7, 11) is 0. The van der Waals surface area contributed by atoms with Gasteiger partial charge in [0.15, 0.2) is 0 Å². The molecular weight excluding hydrogens is 236 g/mol. The van der Waals surface area contributed by atoms with Gasteiger partial charge in [-0.2, -0.15) is 0 Å². The van der Waals surface area contributed by atoms with Crippen LogP contribution in [0.3, 0.4) is 0 Å². The zero-order chi connectivity index (χ0) is 13.3. The fraction of sp³-hybridized carbons (Fsp3) is 1.00. The highest BCUT2D eigenvalue weighted by atomic mass is 16.5. The Labute approximate surface area is 118 Å². The molecule has 0 aromatic carbocycles. The van der Waals surface area contributed by atoms with Crippen LogP contribution in [0.1, 0.15) is 52.4 Å². The fourth-order valence-electron chi connectivity index (χ4n) is 4.42. The predicted molar refractivity (Wildman–Crippen MR) is 78.4 cm³/mol. The second-order valence-corrected chi connectivity index (χ2v) is 6.89. The standard InChI is InChI=1S/C16H30N2O/c1-3-19-15-11-14(16(15)7-6-8-16)17-13(2)12-18-9-4-5-10-18/h13-15,17H,3-12H2,1-2H3. The third-order valence-electron chi connectivity index (χ3n) is 5.65. The molecule has 110 valence electrons. The lowest BCUT2D eigenvalue weighted by atomic mass is 9.51. The maximum Gasteiger partial charge on any atom is 0.0661 e. The van der Waals surface area contributed by atoms with Crippen LogP contribution < -0.4 is 5.32 Å². The van der Waals surface area contributed by atoms with Gasteiger partial charge in [-0.25, -0.2) is 0 Å². The predicted octanol–water partition coefficient (Wildman–Crippen LogP) is 2.41. The van der Waals surface area contributed by atoms with Crippen LogP contribution in [0.25, 0.3) is 0 Å². The first-order valence-electron chi connectivity index (χ1n) is 8.34. The van der Waals surface area contributed by atoms with Crippen LogP contribution in [0.2, 0.25) is 0 Å². The average Bonchev–Trinajstić information content (AvgIpc) is 2.78. The Morgan fingerprint density at radius 1 is 1.26 bits per heavy atom. The van der Waals surface area contributed by atoms with Crippen LogP contribution in [-0.4, -0.2) is 49.3 Å². The Morgan fingerprint density at radius 2 is 2.00 bits per heavy atom. The van der Waals surface area contributed by atoms with Crippen LogP contribution in [0, 0.1) is 5.41 Å². The van der Waals surface area contributed by atoms with Gasteiger partial charge >= 0.3 is 0 Å². The van der Waals surface area contributed by atoms with Gasteiger partial charge in [0.25, 0.3) is 0 Å². The molecule has 1 heterocycles. The molecule has 3 unspecified atom stereocenters. The van der Waals surface area contributed by atoms with Gasteiger partial charge in [0.2, 0.25) is 0 Å². The Hall–Kier alpha value is -0.120. The van der Waals surface area contributed by atoms with Gasteiger partial charge in [0.05, 0.1) is 6.10 Å². The molecule has 0 amide bonds.